The van der Waals surface area contributed by atoms with Gasteiger partial charge in [0, 0.05) is 5.33 Å². The molecule has 100 valence electrons. The normalized spacial score (nSPS) is 16.7. The van der Waals surface area contributed by atoms with Crippen molar-refractivity contribution in [2.75, 3.05) is 25.0 Å². The highest BCUT2D eigenvalue weighted by atomic mass is 79.9. The van der Waals surface area contributed by atoms with E-state index >= 15 is 0 Å². The Hall–Kier alpha value is -0.540. The van der Waals surface area contributed by atoms with Gasteiger partial charge in [0.25, 0.3) is 0 Å². The molecular weight excluding hydrogens is 290 g/mol. The molecule has 0 radical (unpaired) electrons. The van der Waals surface area contributed by atoms with E-state index in [1.807, 2.05) is 0 Å². The van der Waals surface area contributed by atoms with Crippen molar-refractivity contribution in [3.63, 3.8) is 0 Å². The molecule has 0 atom stereocenters. The van der Waals surface area contributed by atoms with Crippen molar-refractivity contribution in [1.29, 1.82) is 0 Å². The fourth-order valence-electron chi connectivity index (χ4n) is 2.29. The highest BCUT2D eigenvalue weighted by molar-refractivity contribution is 9.09. The molecule has 3 heteroatoms. The molecule has 1 heterocycles. The van der Waals surface area contributed by atoms with Gasteiger partial charge >= 0.3 is 0 Å². The second kappa shape index (κ2) is 7.80. The lowest BCUT2D eigenvalue weighted by Crippen LogP contribution is -2.30. The molecule has 0 saturated carbocycles. The van der Waals surface area contributed by atoms with E-state index in [0.29, 0.717) is 0 Å². The third kappa shape index (κ3) is 4.62. The van der Waals surface area contributed by atoms with Crippen LogP contribution in [-0.2, 0) is 6.42 Å². The zero-order valence-electron chi connectivity index (χ0n) is 10.8. The minimum Gasteiger partial charge on any atom is -0.493 e. The Balaban J connectivity index is 1.75. The van der Waals surface area contributed by atoms with Crippen LogP contribution in [0.5, 0.6) is 5.75 Å². The van der Waals surface area contributed by atoms with Gasteiger partial charge in [-0.05, 0) is 62.4 Å². The third-order valence-corrected chi connectivity index (χ3v) is 4.03. The number of ether oxygens (including phenoxy) is 1. The van der Waals surface area contributed by atoms with Crippen LogP contribution in [-0.4, -0.2) is 25.0 Å². The summed E-state index contributed by atoms with van der Waals surface area (Å²) >= 11 is 3.46. The molecule has 0 unspecified atom stereocenters. The standard InChI is InChI=1S/C15H22BrNO/c16-9-1-2-13-3-5-15(6-4-13)18-12-14-7-10-17-11-8-14/h3-6,14,17H,1-2,7-12H2. The lowest BCUT2D eigenvalue weighted by Gasteiger charge is -2.22. The quantitative estimate of drug-likeness (QED) is 0.813. The molecule has 0 aliphatic carbocycles. The largest absolute Gasteiger partial charge is 0.493 e. The first kappa shape index (κ1) is 13.9. The van der Waals surface area contributed by atoms with Gasteiger partial charge in [0.15, 0.2) is 0 Å². The van der Waals surface area contributed by atoms with Gasteiger partial charge in [0.1, 0.15) is 5.75 Å². The van der Waals surface area contributed by atoms with Gasteiger partial charge in [-0.2, -0.15) is 0 Å². The Morgan fingerprint density at radius 2 is 1.89 bits per heavy atom. The molecule has 0 spiro atoms. The smallest absolute Gasteiger partial charge is 0.119 e. The van der Waals surface area contributed by atoms with Crippen molar-refractivity contribution in [2.24, 2.45) is 5.92 Å². The Kier molecular flexibility index (Phi) is 6.01. The first-order valence-corrected chi connectivity index (χ1v) is 7.99. The number of hydrogen-bond acceptors (Lipinski definition) is 2. The van der Waals surface area contributed by atoms with Crippen LogP contribution in [0.3, 0.4) is 0 Å². The maximum atomic E-state index is 5.87. The Labute approximate surface area is 118 Å². The van der Waals surface area contributed by atoms with Crippen LogP contribution in [0.15, 0.2) is 24.3 Å². The predicted molar refractivity (Wildman–Crippen MR) is 79.6 cm³/mol. The van der Waals surface area contributed by atoms with Gasteiger partial charge in [-0.1, -0.05) is 28.1 Å². The molecular formula is C15H22BrNO. The second-order valence-electron chi connectivity index (χ2n) is 4.94. The average molecular weight is 312 g/mol. The third-order valence-electron chi connectivity index (χ3n) is 3.47. The fraction of sp³-hybridized carbons (Fsp3) is 0.600. The van der Waals surface area contributed by atoms with E-state index in [9.17, 15) is 0 Å². The molecule has 1 N–H and O–H groups in total. The summed E-state index contributed by atoms with van der Waals surface area (Å²) in [5.41, 5.74) is 1.39. The number of alkyl halides is 1. The van der Waals surface area contributed by atoms with E-state index in [4.69, 9.17) is 4.74 Å². The fourth-order valence-corrected chi connectivity index (χ4v) is 2.57. The summed E-state index contributed by atoms with van der Waals surface area (Å²) in [6.45, 7) is 3.14. The lowest BCUT2D eigenvalue weighted by molar-refractivity contribution is 0.215. The Morgan fingerprint density at radius 3 is 2.56 bits per heavy atom. The molecule has 1 aliphatic rings. The van der Waals surface area contributed by atoms with Gasteiger partial charge in [0.2, 0.25) is 0 Å². The van der Waals surface area contributed by atoms with Gasteiger partial charge in [0.05, 0.1) is 6.61 Å². The number of hydrogen-bond donors (Lipinski definition) is 1. The predicted octanol–water partition coefficient (Wildman–Crippen LogP) is 3.39. The Morgan fingerprint density at radius 1 is 1.17 bits per heavy atom. The van der Waals surface area contributed by atoms with Crippen LogP contribution in [0.1, 0.15) is 24.8 Å². The van der Waals surface area contributed by atoms with Crippen LogP contribution in [0.2, 0.25) is 0 Å². The number of aryl methyl sites for hydroxylation is 1. The van der Waals surface area contributed by atoms with Gasteiger partial charge < -0.3 is 10.1 Å². The van der Waals surface area contributed by atoms with Crippen molar-refractivity contribution in [3.8, 4) is 5.75 Å². The number of benzene rings is 1. The number of rotatable bonds is 6. The molecule has 2 nitrogen and oxygen atoms in total. The molecule has 2 rings (SSSR count). The van der Waals surface area contributed by atoms with E-state index < -0.39 is 0 Å². The van der Waals surface area contributed by atoms with Crippen molar-refractivity contribution in [3.05, 3.63) is 29.8 Å². The first-order chi connectivity index (χ1) is 8.88. The van der Waals surface area contributed by atoms with Crippen molar-refractivity contribution in [2.45, 2.75) is 25.7 Å². The number of halogens is 1. The van der Waals surface area contributed by atoms with Crippen LogP contribution in [0, 0.1) is 5.92 Å². The lowest BCUT2D eigenvalue weighted by atomic mass is 9.99. The molecule has 0 amide bonds. The molecule has 0 bridgehead atoms. The number of nitrogens with one attached hydrogen (secondary N) is 1. The SMILES string of the molecule is BrCCCc1ccc(OCC2CCNCC2)cc1. The summed E-state index contributed by atoms with van der Waals surface area (Å²) in [5, 5.41) is 4.45. The summed E-state index contributed by atoms with van der Waals surface area (Å²) in [6.07, 6.45) is 4.81. The van der Waals surface area contributed by atoms with Crippen LogP contribution >= 0.6 is 15.9 Å². The zero-order chi connectivity index (χ0) is 12.6. The first-order valence-electron chi connectivity index (χ1n) is 6.87. The molecule has 1 aliphatic heterocycles. The number of piperidine rings is 1. The van der Waals surface area contributed by atoms with E-state index in [-0.39, 0.29) is 0 Å². The van der Waals surface area contributed by atoms with Crippen LogP contribution in [0.25, 0.3) is 0 Å². The highest BCUT2D eigenvalue weighted by Gasteiger charge is 2.13. The molecule has 1 saturated heterocycles. The Bertz CT molecular complexity index is 333. The summed E-state index contributed by atoms with van der Waals surface area (Å²) in [4.78, 5) is 0. The summed E-state index contributed by atoms with van der Waals surface area (Å²) in [7, 11) is 0. The molecule has 1 aromatic rings. The van der Waals surface area contributed by atoms with E-state index in [1.54, 1.807) is 0 Å². The molecule has 1 fully saturated rings. The molecule has 0 aromatic heterocycles. The maximum Gasteiger partial charge on any atom is 0.119 e. The van der Waals surface area contributed by atoms with Crippen molar-refractivity contribution in [1.82, 2.24) is 5.32 Å². The maximum absolute atomic E-state index is 5.87. The minimum atomic E-state index is 0.722. The molecule has 18 heavy (non-hydrogen) atoms. The van der Waals surface area contributed by atoms with Gasteiger partial charge in [-0.25, -0.2) is 0 Å². The second-order valence-corrected chi connectivity index (χ2v) is 5.73. The van der Waals surface area contributed by atoms with Crippen LogP contribution in [0.4, 0.5) is 0 Å². The monoisotopic (exact) mass is 311 g/mol. The summed E-state index contributed by atoms with van der Waals surface area (Å²) < 4.78 is 5.87. The topological polar surface area (TPSA) is 21.3 Å². The molecule has 1 aromatic carbocycles. The van der Waals surface area contributed by atoms with E-state index in [0.717, 1.165) is 43.1 Å². The van der Waals surface area contributed by atoms with E-state index in [1.165, 1.54) is 24.8 Å². The van der Waals surface area contributed by atoms with Gasteiger partial charge in [-0.3, -0.25) is 0 Å². The zero-order valence-corrected chi connectivity index (χ0v) is 12.4. The van der Waals surface area contributed by atoms with Gasteiger partial charge in [-0.15, -0.1) is 0 Å². The highest BCUT2D eigenvalue weighted by Crippen LogP contribution is 2.17. The van der Waals surface area contributed by atoms with Crippen molar-refractivity contribution >= 4 is 15.9 Å². The average Bonchev–Trinajstić information content (AvgIpc) is 2.45. The summed E-state index contributed by atoms with van der Waals surface area (Å²) in [6, 6.07) is 8.57. The minimum absolute atomic E-state index is 0.722. The van der Waals surface area contributed by atoms with Crippen LogP contribution < -0.4 is 10.1 Å². The van der Waals surface area contributed by atoms with Crippen molar-refractivity contribution < 1.29 is 4.74 Å². The van der Waals surface area contributed by atoms with E-state index in [2.05, 4.69) is 45.5 Å². The summed E-state index contributed by atoms with van der Waals surface area (Å²) in [5.74, 6) is 1.73.